The zero-order chi connectivity index (χ0) is 18.5. The molecule has 3 amide bonds. The van der Waals surface area contributed by atoms with Gasteiger partial charge in [-0.2, -0.15) is 0 Å². The summed E-state index contributed by atoms with van der Waals surface area (Å²) in [6.07, 6.45) is 0. The molecule has 2 aromatic carbocycles. The molecule has 0 saturated heterocycles. The summed E-state index contributed by atoms with van der Waals surface area (Å²) in [7, 11) is 0. The van der Waals surface area contributed by atoms with E-state index in [0.29, 0.717) is 11.4 Å². The Labute approximate surface area is 153 Å². The van der Waals surface area contributed by atoms with Crippen LogP contribution in [0.15, 0.2) is 53.9 Å². The third-order valence-electron chi connectivity index (χ3n) is 3.35. The van der Waals surface area contributed by atoms with E-state index in [1.165, 1.54) is 23.6 Å². The van der Waals surface area contributed by atoms with Crippen LogP contribution in [0.3, 0.4) is 0 Å². The van der Waals surface area contributed by atoms with Gasteiger partial charge in [-0.25, -0.2) is 14.2 Å². The Morgan fingerprint density at radius 1 is 1.00 bits per heavy atom. The first-order valence-electron chi connectivity index (χ1n) is 7.67. The highest BCUT2D eigenvalue weighted by Gasteiger charge is 2.13. The number of amides is 3. The molecule has 3 rings (SSSR count). The Hall–Kier alpha value is -3.26. The van der Waals surface area contributed by atoms with Gasteiger partial charge in [0.15, 0.2) is 5.13 Å². The fourth-order valence-corrected chi connectivity index (χ4v) is 2.78. The zero-order valence-corrected chi connectivity index (χ0v) is 14.6. The number of aryl methyl sites for hydroxylation is 1. The fourth-order valence-electron chi connectivity index (χ4n) is 2.09. The van der Waals surface area contributed by atoms with Crippen molar-refractivity contribution in [3.63, 3.8) is 0 Å². The molecule has 1 aromatic heterocycles. The molecule has 0 spiro atoms. The first-order valence-corrected chi connectivity index (χ1v) is 8.55. The van der Waals surface area contributed by atoms with E-state index in [1.54, 1.807) is 18.2 Å². The van der Waals surface area contributed by atoms with E-state index < -0.39 is 17.8 Å². The van der Waals surface area contributed by atoms with Crippen LogP contribution in [-0.4, -0.2) is 16.9 Å². The molecule has 6 nitrogen and oxygen atoms in total. The number of carbonyl (C=O) groups excluding carboxylic acids is 2. The van der Waals surface area contributed by atoms with Crippen LogP contribution in [0.5, 0.6) is 0 Å². The van der Waals surface area contributed by atoms with Crippen LogP contribution in [0.2, 0.25) is 0 Å². The van der Waals surface area contributed by atoms with Crippen molar-refractivity contribution in [2.24, 2.45) is 0 Å². The van der Waals surface area contributed by atoms with Crippen molar-refractivity contribution in [2.45, 2.75) is 6.92 Å². The molecule has 3 aromatic rings. The Balaban J connectivity index is 1.59. The first kappa shape index (κ1) is 17.6. The van der Waals surface area contributed by atoms with E-state index in [4.69, 9.17) is 0 Å². The van der Waals surface area contributed by atoms with Crippen LogP contribution in [0.25, 0.3) is 0 Å². The second-order valence-electron chi connectivity index (χ2n) is 5.45. The van der Waals surface area contributed by atoms with Gasteiger partial charge in [-0.1, -0.05) is 23.8 Å². The molecule has 26 heavy (non-hydrogen) atoms. The van der Waals surface area contributed by atoms with Gasteiger partial charge in [0, 0.05) is 16.8 Å². The minimum absolute atomic E-state index is 0.130. The summed E-state index contributed by atoms with van der Waals surface area (Å²) < 4.78 is 13.1. The maximum atomic E-state index is 13.1. The molecule has 0 unspecified atom stereocenters. The first-order chi connectivity index (χ1) is 12.5. The monoisotopic (exact) mass is 370 g/mol. The molecule has 3 N–H and O–H groups in total. The Kier molecular flexibility index (Phi) is 5.23. The van der Waals surface area contributed by atoms with E-state index in [9.17, 15) is 14.0 Å². The second-order valence-corrected chi connectivity index (χ2v) is 6.31. The van der Waals surface area contributed by atoms with E-state index in [2.05, 4.69) is 20.9 Å². The Morgan fingerprint density at radius 3 is 2.50 bits per heavy atom. The van der Waals surface area contributed by atoms with Crippen LogP contribution < -0.4 is 16.0 Å². The highest BCUT2D eigenvalue weighted by atomic mass is 32.1. The number of benzene rings is 2. The van der Waals surface area contributed by atoms with Crippen molar-refractivity contribution < 1.29 is 14.0 Å². The lowest BCUT2D eigenvalue weighted by Gasteiger charge is -2.05. The smallest absolute Gasteiger partial charge is 0.321 e. The van der Waals surface area contributed by atoms with E-state index >= 15 is 0 Å². The quantitative estimate of drug-likeness (QED) is 0.633. The second kappa shape index (κ2) is 7.75. The molecule has 0 aliphatic heterocycles. The molecule has 132 valence electrons. The number of aromatic nitrogens is 1. The largest absolute Gasteiger partial charge is 0.325 e. The zero-order valence-electron chi connectivity index (χ0n) is 13.7. The van der Waals surface area contributed by atoms with Gasteiger partial charge in [0.1, 0.15) is 11.5 Å². The summed E-state index contributed by atoms with van der Waals surface area (Å²) in [5.41, 5.74) is 2.19. The van der Waals surface area contributed by atoms with Crippen LogP contribution in [0.4, 0.5) is 25.7 Å². The maximum absolute atomic E-state index is 13.1. The van der Waals surface area contributed by atoms with Gasteiger partial charge in [0.05, 0.1) is 0 Å². The van der Waals surface area contributed by atoms with Gasteiger partial charge < -0.3 is 10.6 Å². The molecule has 0 bridgehead atoms. The van der Waals surface area contributed by atoms with Crippen LogP contribution in [-0.2, 0) is 0 Å². The van der Waals surface area contributed by atoms with Crippen LogP contribution in [0.1, 0.15) is 16.1 Å². The van der Waals surface area contributed by atoms with Crippen molar-refractivity contribution >= 4 is 39.8 Å². The highest BCUT2D eigenvalue weighted by Crippen LogP contribution is 2.18. The van der Waals surface area contributed by atoms with Crippen molar-refractivity contribution in [1.29, 1.82) is 0 Å². The van der Waals surface area contributed by atoms with Crippen LogP contribution >= 0.6 is 11.3 Å². The van der Waals surface area contributed by atoms with Gasteiger partial charge in [0.25, 0.3) is 5.91 Å². The number of nitrogens with one attached hydrogen (secondary N) is 3. The number of anilines is 3. The summed E-state index contributed by atoms with van der Waals surface area (Å²) in [5.74, 6) is -0.935. The summed E-state index contributed by atoms with van der Waals surface area (Å²) in [6, 6.07) is 12.4. The van der Waals surface area contributed by atoms with E-state index in [1.807, 2.05) is 19.1 Å². The standard InChI is InChI=1S/C18H15FN4O2S/c1-11-5-7-13(8-6-11)21-17(25)23-18-22-15(10-26-18)16(24)20-14-4-2-3-12(19)9-14/h2-10H,1H3,(H,20,24)(H2,21,22,23,25). The molecule has 0 saturated carbocycles. The molecular weight excluding hydrogens is 355 g/mol. The normalized spacial score (nSPS) is 10.2. The average molecular weight is 370 g/mol. The van der Waals surface area contributed by atoms with Crippen molar-refractivity contribution in [3.05, 3.63) is 71.0 Å². The predicted molar refractivity (Wildman–Crippen MR) is 100 cm³/mol. The summed E-state index contributed by atoms with van der Waals surface area (Å²) >= 11 is 1.11. The van der Waals surface area contributed by atoms with E-state index in [0.717, 1.165) is 16.9 Å². The number of hydrogen-bond acceptors (Lipinski definition) is 4. The lowest BCUT2D eigenvalue weighted by atomic mass is 10.2. The SMILES string of the molecule is Cc1ccc(NC(=O)Nc2nc(C(=O)Nc3cccc(F)c3)cs2)cc1. The average Bonchev–Trinajstić information content (AvgIpc) is 3.05. The van der Waals surface area contributed by atoms with Gasteiger partial charge >= 0.3 is 6.03 Å². The van der Waals surface area contributed by atoms with Crippen molar-refractivity contribution in [1.82, 2.24) is 4.98 Å². The number of rotatable bonds is 4. The molecule has 8 heteroatoms. The number of halogens is 1. The number of hydrogen-bond donors (Lipinski definition) is 3. The minimum atomic E-state index is -0.487. The van der Waals surface area contributed by atoms with E-state index in [-0.39, 0.29) is 10.8 Å². The summed E-state index contributed by atoms with van der Waals surface area (Å²) in [6.45, 7) is 1.95. The van der Waals surface area contributed by atoms with Gasteiger partial charge in [-0.3, -0.25) is 10.1 Å². The molecule has 0 radical (unpaired) electrons. The van der Waals surface area contributed by atoms with Crippen molar-refractivity contribution in [2.75, 3.05) is 16.0 Å². The highest BCUT2D eigenvalue weighted by molar-refractivity contribution is 7.14. The molecule has 0 aliphatic carbocycles. The fraction of sp³-hybridized carbons (Fsp3) is 0.0556. The van der Waals surface area contributed by atoms with Gasteiger partial charge in [-0.15, -0.1) is 11.3 Å². The Morgan fingerprint density at radius 2 is 1.77 bits per heavy atom. The lowest BCUT2D eigenvalue weighted by molar-refractivity contribution is 0.102. The number of thiazole rings is 1. The van der Waals surface area contributed by atoms with Gasteiger partial charge in [0.2, 0.25) is 0 Å². The molecule has 1 heterocycles. The molecule has 0 fully saturated rings. The molecule has 0 aliphatic rings. The third kappa shape index (κ3) is 4.64. The topological polar surface area (TPSA) is 83.1 Å². The predicted octanol–water partition coefficient (Wildman–Crippen LogP) is 4.49. The third-order valence-corrected chi connectivity index (χ3v) is 4.11. The maximum Gasteiger partial charge on any atom is 0.325 e. The molecular formula is C18H15FN4O2S. The Bertz CT molecular complexity index is 940. The van der Waals surface area contributed by atoms with Crippen molar-refractivity contribution in [3.8, 4) is 0 Å². The number of urea groups is 1. The number of nitrogens with zero attached hydrogens (tertiary/aromatic N) is 1. The summed E-state index contributed by atoms with van der Waals surface area (Å²) in [5, 5.41) is 9.58. The minimum Gasteiger partial charge on any atom is -0.321 e. The molecule has 0 atom stereocenters. The van der Waals surface area contributed by atoms with Gasteiger partial charge in [-0.05, 0) is 37.3 Å². The van der Waals surface area contributed by atoms with Crippen LogP contribution in [0, 0.1) is 12.7 Å². The number of carbonyl (C=O) groups is 2. The summed E-state index contributed by atoms with van der Waals surface area (Å²) in [4.78, 5) is 28.2. The lowest BCUT2D eigenvalue weighted by Crippen LogP contribution is -2.19.